The van der Waals surface area contributed by atoms with Crippen molar-refractivity contribution in [2.75, 3.05) is 7.11 Å². The minimum Gasteiger partial charge on any atom is -0.469 e. The Bertz CT molecular complexity index is 380. The lowest BCUT2D eigenvalue weighted by atomic mass is 9.98. The summed E-state index contributed by atoms with van der Waals surface area (Å²) in [4.78, 5) is 27.2. The van der Waals surface area contributed by atoms with E-state index in [9.17, 15) is 9.18 Å². The van der Waals surface area contributed by atoms with E-state index in [-0.39, 0.29) is 23.9 Å². The molecule has 92 valence electrons. The van der Waals surface area contributed by atoms with E-state index in [2.05, 4.69) is 4.74 Å². The Morgan fingerprint density at radius 3 is 2.24 bits per heavy atom. The molecule has 1 rings (SSSR count). The average Bonchev–Trinajstić information content (AvgIpc) is 2.30. The van der Waals surface area contributed by atoms with Crippen molar-refractivity contribution in [1.82, 2.24) is 0 Å². The maximum Gasteiger partial charge on any atom is 0.373 e. The van der Waals surface area contributed by atoms with Crippen LogP contribution in [-0.4, -0.2) is 19.2 Å². The van der Waals surface area contributed by atoms with E-state index in [0.717, 1.165) is 5.56 Å². The van der Waals surface area contributed by atoms with E-state index in [1.165, 1.54) is 19.2 Å². The third kappa shape index (κ3) is 6.22. The molecular formula is C12H13FO4. The fourth-order valence-corrected chi connectivity index (χ4v) is 1.24. The van der Waals surface area contributed by atoms with Crippen molar-refractivity contribution in [1.29, 1.82) is 0 Å². The lowest BCUT2D eigenvalue weighted by molar-refractivity contribution is -0.191. The topological polar surface area (TPSA) is 60.4 Å². The van der Waals surface area contributed by atoms with Crippen molar-refractivity contribution in [3.63, 3.8) is 0 Å². The summed E-state index contributed by atoms with van der Waals surface area (Å²) in [6, 6.07) is 6.15. The molecule has 0 radical (unpaired) electrons. The van der Waals surface area contributed by atoms with E-state index in [1.807, 2.05) is 6.92 Å². The van der Waals surface area contributed by atoms with Crippen LogP contribution >= 0.6 is 0 Å². The molecule has 4 nitrogen and oxygen atoms in total. The van der Waals surface area contributed by atoms with Crippen LogP contribution in [-0.2, 0) is 19.1 Å². The van der Waals surface area contributed by atoms with Crippen LogP contribution in [0.3, 0.4) is 0 Å². The van der Waals surface area contributed by atoms with E-state index in [1.54, 1.807) is 12.1 Å². The largest absolute Gasteiger partial charge is 0.469 e. The Labute approximate surface area is 98.4 Å². The molecule has 0 saturated heterocycles. The van der Waals surface area contributed by atoms with Gasteiger partial charge in [0.25, 0.3) is 0 Å². The summed E-state index contributed by atoms with van der Waals surface area (Å²) in [7, 11) is 1.36. The Morgan fingerprint density at radius 1 is 1.35 bits per heavy atom. The van der Waals surface area contributed by atoms with Crippen LogP contribution in [0, 0.1) is 5.82 Å². The van der Waals surface area contributed by atoms with Crippen molar-refractivity contribution < 1.29 is 23.5 Å². The molecule has 0 spiro atoms. The highest BCUT2D eigenvalue weighted by Gasteiger charge is 2.10. The number of hydrogen-bond donors (Lipinski definition) is 0. The zero-order valence-electron chi connectivity index (χ0n) is 9.60. The molecule has 0 saturated carbocycles. The Hall–Kier alpha value is -2.00. The Kier molecular flexibility index (Phi) is 7.22. The minimum absolute atomic E-state index is 0.0584. The number of carbonyl (C=O) groups excluding carboxylic acids is 3. The SMILES string of the molecule is COC(=O)C[C@@H](C)c1ccc(F)cc1.O=C=O. The van der Waals surface area contributed by atoms with Crippen LogP contribution < -0.4 is 0 Å². The van der Waals surface area contributed by atoms with Gasteiger partial charge in [-0.3, -0.25) is 4.79 Å². The van der Waals surface area contributed by atoms with Crippen LogP contribution in [0.5, 0.6) is 0 Å². The van der Waals surface area contributed by atoms with Gasteiger partial charge in [-0.25, -0.2) is 4.39 Å². The van der Waals surface area contributed by atoms with Gasteiger partial charge >= 0.3 is 12.1 Å². The average molecular weight is 240 g/mol. The first kappa shape index (κ1) is 15.0. The Morgan fingerprint density at radius 2 is 1.82 bits per heavy atom. The zero-order chi connectivity index (χ0) is 13.3. The molecular weight excluding hydrogens is 227 g/mol. The third-order valence-corrected chi connectivity index (χ3v) is 2.14. The maximum absolute atomic E-state index is 12.6. The molecule has 0 aliphatic heterocycles. The molecule has 1 aromatic rings. The molecule has 0 aromatic heterocycles. The number of ether oxygens (including phenoxy) is 1. The lowest BCUT2D eigenvalue weighted by Gasteiger charge is -2.09. The standard InChI is InChI=1S/C11H13FO2.CO2/c1-8(7-11(13)14-2)9-3-5-10(12)6-4-9;2-1-3/h3-6,8H,7H2,1-2H3;/t8-;/m1./s1. The fourth-order valence-electron chi connectivity index (χ4n) is 1.24. The summed E-state index contributed by atoms with van der Waals surface area (Å²) in [5, 5.41) is 0. The maximum atomic E-state index is 12.6. The molecule has 0 N–H and O–H groups in total. The predicted octanol–water partition coefficient (Wildman–Crippen LogP) is 1.91. The highest BCUT2D eigenvalue weighted by atomic mass is 19.1. The van der Waals surface area contributed by atoms with Crippen molar-refractivity contribution in [2.45, 2.75) is 19.3 Å². The molecule has 0 aliphatic rings. The second kappa shape index (κ2) is 8.19. The number of carbonyl (C=O) groups is 1. The first-order valence-electron chi connectivity index (χ1n) is 4.86. The molecule has 0 fully saturated rings. The minimum atomic E-state index is -0.265. The summed E-state index contributed by atoms with van der Waals surface area (Å²) in [6.45, 7) is 1.91. The molecule has 1 aromatic carbocycles. The second-order valence-corrected chi connectivity index (χ2v) is 3.32. The quantitative estimate of drug-likeness (QED) is 0.757. The van der Waals surface area contributed by atoms with Gasteiger partial charge in [0.1, 0.15) is 5.82 Å². The summed E-state index contributed by atoms with van der Waals surface area (Å²) in [5.74, 6) is -0.455. The van der Waals surface area contributed by atoms with Gasteiger partial charge in [-0.2, -0.15) is 9.59 Å². The van der Waals surface area contributed by atoms with Crippen LogP contribution in [0.4, 0.5) is 4.39 Å². The van der Waals surface area contributed by atoms with Gasteiger partial charge in [0.15, 0.2) is 0 Å². The number of benzene rings is 1. The van der Waals surface area contributed by atoms with Gasteiger partial charge < -0.3 is 4.74 Å². The first-order valence-corrected chi connectivity index (χ1v) is 4.86. The van der Waals surface area contributed by atoms with Crippen LogP contribution in [0.15, 0.2) is 24.3 Å². The molecule has 0 unspecified atom stereocenters. The smallest absolute Gasteiger partial charge is 0.373 e. The summed E-state index contributed by atoms with van der Waals surface area (Å²) in [6.07, 6.45) is 0.572. The van der Waals surface area contributed by atoms with Crippen molar-refractivity contribution in [3.8, 4) is 0 Å². The van der Waals surface area contributed by atoms with Crippen molar-refractivity contribution >= 4 is 12.1 Å². The molecule has 0 aliphatic carbocycles. The second-order valence-electron chi connectivity index (χ2n) is 3.32. The molecule has 5 heteroatoms. The molecule has 0 heterocycles. The van der Waals surface area contributed by atoms with E-state index < -0.39 is 0 Å². The van der Waals surface area contributed by atoms with Crippen LogP contribution in [0.1, 0.15) is 24.8 Å². The highest BCUT2D eigenvalue weighted by Crippen LogP contribution is 2.19. The Balaban J connectivity index is 0.000000770. The third-order valence-electron chi connectivity index (χ3n) is 2.14. The summed E-state index contributed by atoms with van der Waals surface area (Å²) >= 11 is 0. The normalized spacial score (nSPS) is 10.5. The van der Waals surface area contributed by atoms with Gasteiger partial charge in [0.05, 0.1) is 13.5 Å². The first-order chi connectivity index (χ1) is 8.04. The van der Waals surface area contributed by atoms with Crippen LogP contribution in [0.2, 0.25) is 0 Å². The molecule has 1 atom stereocenters. The van der Waals surface area contributed by atoms with Crippen molar-refractivity contribution in [3.05, 3.63) is 35.6 Å². The van der Waals surface area contributed by atoms with Gasteiger partial charge in [0.2, 0.25) is 0 Å². The molecule has 0 amide bonds. The lowest BCUT2D eigenvalue weighted by Crippen LogP contribution is -2.05. The van der Waals surface area contributed by atoms with E-state index >= 15 is 0 Å². The predicted molar refractivity (Wildman–Crippen MR) is 56.5 cm³/mol. The van der Waals surface area contributed by atoms with Crippen molar-refractivity contribution in [2.24, 2.45) is 0 Å². The fraction of sp³-hybridized carbons (Fsp3) is 0.333. The zero-order valence-corrected chi connectivity index (χ0v) is 9.60. The van der Waals surface area contributed by atoms with Gasteiger partial charge in [0, 0.05) is 0 Å². The van der Waals surface area contributed by atoms with Crippen LogP contribution in [0.25, 0.3) is 0 Å². The van der Waals surface area contributed by atoms with E-state index in [4.69, 9.17) is 9.59 Å². The van der Waals surface area contributed by atoms with Gasteiger partial charge in [-0.05, 0) is 23.6 Å². The number of methoxy groups -OCH3 is 1. The highest BCUT2D eigenvalue weighted by molar-refractivity contribution is 5.70. The van der Waals surface area contributed by atoms with Gasteiger partial charge in [-0.15, -0.1) is 0 Å². The molecule has 0 bridgehead atoms. The number of rotatable bonds is 3. The summed E-state index contributed by atoms with van der Waals surface area (Å²) < 4.78 is 17.1. The van der Waals surface area contributed by atoms with E-state index in [0.29, 0.717) is 6.42 Å². The monoisotopic (exact) mass is 240 g/mol. The number of hydrogen-bond acceptors (Lipinski definition) is 4. The van der Waals surface area contributed by atoms with Gasteiger partial charge in [-0.1, -0.05) is 19.1 Å². The molecule has 17 heavy (non-hydrogen) atoms. The summed E-state index contributed by atoms with van der Waals surface area (Å²) in [5.41, 5.74) is 0.941. The number of halogens is 1. The number of esters is 1.